The summed E-state index contributed by atoms with van der Waals surface area (Å²) < 4.78 is 29.2. The summed E-state index contributed by atoms with van der Waals surface area (Å²) in [6.45, 7) is 6.04. The van der Waals surface area contributed by atoms with Crippen molar-refractivity contribution in [2.24, 2.45) is 23.7 Å². The van der Waals surface area contributed by atoms with Crippen molar-refractivity contribution in [3.05, 3.63) is 59.7 Å². The molecule has 0 unspecified atom stereocenters. The number of nitrogens with one attached hydrogen (secondary N) is 1. The fourth-order valence-corrected chi connectivity index (χ4v) is 7.37. The number of rotatable bonds is 9. The molecular formula is C34H41NO9. The second-order valence-corrected chi connectivity index (χ2v) is 12.5. The Kier molecular flexibility index (Phi) is 8.45. The van der Waals surface area contributed by atoms with Crippen LogP contribution in [0.25, 0.3) is 6.08 Å². The quantitative estimate of drug-likeness (QED) is 0.231. The molecule has 2 aromatic rings. The van der Waals surface area contributed by atoms with Gasteiger partial charge in [-0.25, -0.2) is 9.78 Å². The van der Waals surface area contributed by atoms with E-state index in [4.69, 9.17) is 33.5 Å². The summed E-state index contributed by atoms with van der Waals surface area (Å²) in [7, 11) is 3.15. The van der Waals surface area contributed by atoms with E-state index in [-0.39, 0.29) is 36.1 Å². The van der Waals surface area contributed by atoms with Crippen molar-refractivity contribution in [2.75, 3.05) is 20.8 Å². The predicted molar refractivity (Wildman–Crippen MR) is 160 cm³/mol. The van der Waals surface area contributed by atoms with Crippen LogP contribution in [0.4, 0.5) is 0 Å². The van der Waals surface area contributed by atoms with Gasteiger partial charge in [0.15, 0.2) is 24.3 Å². The Balaban J connectivity index is 1.06. The van der Waals surface area contributed by atoms with Crippen LogP contribution in [0.15, 0.2) is 48.5 Å². The first kappa shape index (κ1) is 30.6. The second kappa shape index (κ2) is 12.2. The van der Waals surface area contributed by atoms with Crippen LogP contribution in [0.1, 0.15) is 62.4 Å². The lowest BCUT2D eigenvalue weighted by Gasteiger charge is -2.60. The highest BCUT2D eigenvalue weighted by molar-refractivity contribution is 6.07. The van der Waals surface area contributed by atoms with Gasteiger partial charge >= 0.3 is 0 Å². The lowest BCUT2D eigenvalue weighted by atomic mass is 9.58. The summed E-state index contributed by atoms with van der Waals surface area (Å²) in [4.78, 5) is 37.8. The van der Waals surface area contributed by atoms with Gasteiger partial charge in [-0.05, 0) is 92.6 Å². The van der Waals surface area contributed by atoms with Gasteiger partial charge in [-0.3, -0.25) is 9.59 Å². The molecule has 4 aliphatic heterocycles. The molecule has 4 heterocycles. The lowest BCUT2D eigenvalue weighted by molar-refractivity contribution is -0.571. The van der Waals surface area contributed by atoms with Crippen molar-refractivity contribution in [3.8, 4) is 17.2 Å². The normalized spacial score (nSPS) is 34.1. The zero-order chi connectivity index (χ0) is 31.1. The fourth-order valence-electron chi connectivity index (χ4n) is 7.37. The smallest absolute Gasteiger partial charge is 0.259 e. The molecule has 2 bridgehead atoms. The number of ketones is 1. The van der Waals surface area contributed by atoms with Gasteiger partial charge in [0.2, 0.25) is 5.79 Å². The molecule has 4 saturated heterocycles. The molecule has 0 radical (unpaired) electrons. The van der Waals surface area contributed by atoms with E-state index in [1.807, 2.05) is 6.92 Å². The monoisotopic (exact) mass is 607 g/mol. The minimum absolute atomic E-state index is 0.0184. The molecule has 1 aliphatic carbocycles. The zero-order valence-electron chi connectivity index (χ0n) is 25.9. The van der Waals surface area contributed by atoms with Gasteiger partial charge in [0.25, 0.3) is 5.91 Å². The number of fused-ring (bicyclic) bond motifs is 2. The van der Waals surface area contributed by atoms with E-state index in [1.54, 1.807) is 62.8 Å². The minimum Gasteiger partial charge on any atom is -0.497 e. The van der Waals surface area contributed by atoms with Gasteiger partial charge in [0.1, 0.15) is 23.5 Å². The first-order valence-corrected chi connectivity index (χ1v) is 15.3. The van der Waals surface area contributed by atoms with E-state index in [0.717, 1.165) is 31.2 Å². The lowest BCUT2D eigenvalue weighted by Crippen LogP contribution is -2.72. The van der Waals surface area contributed by atoms with Crippen molar-refractivity contribution in [3.63, 3.8) is 0 Å². The summed E-state index contributed by atoms with van der Waals surface area (Å²) in [5.74, 6) is 1.22. The molecule has 236 valence electrons. The number of allylic oxidation sites excluding steroid dienone is 1. The molecule has 0 aromatic heterocycles. The van der Waals surface area contributed by atoms with E-state index < -0.39 is 23.9 Å². The molecule has 10 heteroatoms. The molecule has 5 fully saturated rings. The van der Waals surface area contributed by atoms with Gasteiger partial charge in [-0.1, -0.05) is 13.8 Å². The summed E-state index contributed by atoms with van der Waals surface area (Å²) in [5.41, 5.74) is 0.527. The van der Waals surface area contributed by atoms with Crippen molar-refractivity contribution >= 4 is 17.8 Å². The Labute approximate surface area is 257 Å². The molecule has 1 spiro atoms. The van der Waals surface area contributed by atoms with Gasteiger partial charge < -0.3 is 29.0 Å². The maximum Gasteiger partial charge on any atom is 0.259 e. The molecule has 7 rings (SSSR count). The van der Waals surface area contributed by atoms with Crippen LogP contribution in [-0.4, -0.2) is 56.4 Å². The van der Waals surface area contributed by atoms with Crippen LogP contribution in [0.2, 0.25) is 0 Å². The van der Waals surface area contributed by atoms with Gasteiger partial charge in [0.05, 0.1) is 14.2 Å². The van der Waals surface area contributed by atoms with Crippen LogP contribution in [0, 0.1) is 23.7 Å². The van der Waals surface area contributed by atoms with Crippen LogP contribution < -0.4 is 19.5 Å². The minimum atomic E-state index is -0.874. The van der Waals surface area contributed by atoms with E-state index in [0.29, 0.717) is 28.7 Å². The van der Waals surface area contributed by atoms with E-state index in [2.05, 4.69) is 19.2 Å². The molecule has 1 saturated carbocycles. The average Bonchev–Trinajstić information content (AvgIpc) is 3.27. The highest BCUT2D eigenvalue weighted by Crippen LogP contribution is 2.60. The molecular weight excluding hydrogens is 566 g/mol. The molecule has 8 atom stereocenters. The SMILES string of the molecule is COc1ccc(OC)c(/C=C/C(=O)c2ccc(OCC(=O)N[C@@H]3O[C@@H]4O[C@@]5(C)CC[C@H]6[C@H](C)CC[C@@H]([C@H]3C)[C@@]46OO5)cc2)c1. The topological polar surface area (TPSA) is 111 Å². The van der Waals surface area contributed by atoms with Gasteiger partial charge in [0, 0.05) is 29.4 Å². The van der Waals surface area contributed by atoms with Crippen molar-refractivity contribution in [1.29, 1.82) is 0 Å². The third-order valence-electron chi connectivity index (χ3n) is 9.82. The first-order chi connectivity index (χ1) is 21.2. The molecule has 44 heavy (non-hydrogen) atoms. The predicted octanol–water partition coefficient (Wildman–Crippen LogP) is 5.30. The standard InChI is InChI=1S/C34H41NO9/c1-20-6-13-27-21(2)31(41-32-34(27)26(20)16-17-33(3,42-32)43-44-34)35-30(37)19-40-24-10-7-22(8-11-24)28(36)14-9-23-18-25(38-4)12-15-29(23)39-5/h7-12,14-15,18,20-21,26-27,31-32H,6,13,16-17,19H2,1-5H3,(H,35,37)/b14-9+/t20-,21-,26+,27+,31-,32-,33-,34-/m1/s1. The third kappa shape index (κ3) is 5.60. The maximum atomic E-state index is 13.0. The van der Waals surface area contributed by atoms with E-state index >= 15 is 0 Å². The van der Waals surface area contributed by atoms with Crippen molar-refractivity contribution < 1.29 is 43.0 Å². The number of amides is 1. The van der Waals surface area contributed by atoms with Crippen molar-refractivity contribution in [2.45, 2.75) is 70.4 Å². The number of carbonyl (C=O) groups is 2. The van der Waals surface area contributed by atoms with Gasteiger partial charge in [-0.2, -0.15) is 0 Å². The zero-order valence-corrected chi connectivity index (χ0v) is 25.9. The number of methoxy groups -OCH3 is 2. The van der Waals surface area contributed by atoms with Crippen molar-refractivity contribution in [1.82, 2.24) is 5.32 Å². The Morgan fingerprint density at radius 1 is 0.977 bits per heavy atom. The summed E-state index contributed by atoms with van der Waals surface area (Å²) in [6, 6.07) is 12.0. The number of hydrogen-bond acceptors (Lipinski definition) is 9. The largest absolute Gasteiger partial charge is 0.497 e. The highest BCUT2D eigenvalue weighted by atomic mass is 17.3. The highest BCUT2D eigenvalue weighted by Gasteiger charge is 2.69. The average molecular weight is 608 g/mol. The number of carbonyl (C=O) groups excluding carboxylic acids is 2. The molecule has 1 N–H and O–H groups in total. The Bertz CT molecular complexity index is 1410. The summed E-state index contributed by atoms with van der Waals surface area (Å²) in [6.07, 6.45) is 5.69. The second-order valence-electron chi connectivity index (χ2n) is 12.5. The Morgan fingerprint density at radius 3 is 2.50 bits per heavy atom. The maximum absolute atomic E-state index is 13.0. The Hall–Kier alpha value is -3.44. The molecule has 1 amide bonds. The molecule has 10 nitrogen and oxygen atoms in total. The van der Waals surface area contributed by atoms with Crippen LogP contribution in [-0.2, 0) is 24.0 Å². The number of benzene rings is 2. The van der Waals surface area contributed by atoms with Crippen LogP contribution in [0.3, 0.4) is 0 Å². The van der Waals surface area contributed by atoms with Crippen LogP contribution >= 0.6 is 0 Å². The number of ether oxygens (including phenoxy) is 5. The van der Waals surface area contributed by atoms with Gasteiger partial charge in [-0.15, -0.1) is 0 Å². The number of hydrogen-bond donors (Lipinski definition) is 1. The molecule has 2 aromatic carbocycles. The first-order valence-electron chi connectivity index (χ1n) is 15.3. The summed E-state index contributed by atoms with van der Waals surface area (Å²) >= 11 is 0. The van der Waals surface area contributed by atoms with E-state index in [1.165, 1.54) is 6.08 Å². The Morgan fingerprint density at radius 2 is 1.75 bits per heavy atom. The molecule has 5 aliphatic rings. The van der Waals surface area contributed by atoms with Crippen LogP contribution in [0.5, 0.6) is 17.2 Å². The fraction of sp³-hybridized carbons (Fsp3) is 0.529. The summed E-state index contributed by atoms with van der Waals surface area (Å²) in [5, 5.41) is 3.01. The third-order valence-corrected chi connectivity index (χ3v) is 9.82. The van der Waals surface area contributed by atoms with E-state index in [9.17, 15) is 9.59 Å².